The van der Waals surface area contributed by atoms with Crippen molar-refractivity contribution in [2.75, 3.05) is 5.32 Å². The molecule has 3 rings (SSSR count). The van der Waals surface area contributed by atoms with Gasteiger partial charge in [0.25, 0.3) is 5.56 Å². The number of halogens is 3. The van der Waals surface area contributed by atoms with Crippen molar-refractivity contribution in [3.8, 4) is 0 Å². The fourth-order valence-electron chi connectivity index (χ4n) is 2.99. The van der Waals surface area contributed by atoms with E-state index in [2.05, 4.69) is 10.3 Å². The number of carbonyl (C=O) groups is 1. The third-order valence-electron chi connectivity index (χ3n) is 3.87. The van der Waals surface area contributed by atoms with Gasteiger partial charge < -0.3 is 0 Å². The smallest absolute Gasteiger partial charge is 0.294 e. The summed E-state index contributed by atoms with van der Waals surface area (Å²) in [7, 11) is 0. The predicted octanol–water partition coefficient (Wildman–Crippen LogP) is 1.95. The van der Waals surface area contributed by atoms with Gasteiger partial charge in [0.1, 0.15) is 6.04 Å². The fourth-order valence-corrected chi connectivity index (χ4v) is 2.99. The Hall–Kier alpha value is -1.86. The molecule has 0 saturated heterocycles. The van der Waals surface area contributed by atoms with E-state index >= 15 is 0 Å². The lowest BCUT2D eigenvalue weighted by molar-refractivity contribution is -0.141. The fraction of sp³-hybridized carbons (Fsp3) is 0.583. The average Bonchev–Trinajstić information content (AvgIpc) is 2.93. The second-order valence-corrected chi connectivity index (χ2v) is 5.15. The largest absolute Gasteiger partial charge is 0.433 e. The van der Waals surface area contributed by atoms with Crippen LogP contribution >= 0.6 is 0 Å². The van der Waals surface area contributed by atoms with E-state index in [4.69, 9.17) is 0 Å². The Morgan fingerprint density at radius 2 is 1.90 bits per heavy atom. The van der Waals surface area contributed by atoms with Crippen molar-refractivity contribution in [1.82, 2.24) is 9.55 Å². The highest BCUT2D eigenvalue weighted by Gasteiger charge is 2.42. The molecule has 1 unspecified atom stereocenters. The van der Waals surface area contributed by atoms with Crippen LogP contribution in [0, 0.1) is 5.92 Å². The summed E-state index contributed by atoms with van der Waals surface area (Å²) in [6.07, 6.45) is -1.18. The lowest BCUT2D eigenvalue weighted by atomic mass is 9.98. The van der Waals surface area contributed by atoms with Gasteiger partial charge in [0.2, 0.25) is 11.9 Å². The second kappa shape index (κ2) is 4.32. The van der Waals surface area contributed by atoms with Crippen LogP contribution in [0.15, 0.2) is 10.9 Å². The molecule has 0 radical (unpaired) electrons. The van der Waals surface area contributed by atoms with Gasteiger partial charge in [0.15, 0.2) is 5.69 Å². The van der Waals surface area contributed by atoms with E-state index in [0.717, 1.165) is 30.3 Å². The van der Waals surface area contributed by atoms with Gasteiger partial charge >= 0.3 is 6.18 Å². The molecule has 0 bridgehead atoms. The Labute approximate surface area is 111 Å². The summed E-state index contributed by atoms with van der Waals surface area (Å²) >= 11 is 0. The Morgan fingerprint density at radius 3 is 2.50 bits per heavy atom. The van der Waals surface area contributed by atoms with Crippen LogP contribution in [0.3, 0.4) is 0 Å². The van der Waals surface area contributed by atoms with Crippen LogP contribution in [-0.4, -0.2) is 15.5 Å². The van der Waals surface area contributed by atoms with E-state index < -0.39 is 29.4 Å². The topological polar surface area (TPSA) is 64.0 Å². The van der Waals surface area contributed by atoms with E-state index in [0.29, 0.717) is 6.07 Å². The molecule has 1 atom stereocenters. The Balaban J connectivity index is 2.07. The molecule has 1 aromatic heterocycles. The van der Waals surface area contributed by atoms with E-state index in [1.165, 1.54) is 0 Å². The zero-order valence-corrected chi connectivity index (χ0v) is 10.4. The number of nitrogens with zero attached hydrogens (tertiary/aromatic N) is 2. The first-order valence-corrected chi connectivity index (χ1v) is 6.39. The molecule has 0 spiro atoms. The molecule has 20 heavy (non-hydrogen) atoms. The summed E-state index contributed by atoms with van der Waals surface area (Å²) in [6, 6.07) is -0.277. The first kappa shape index (κ1) is 13.1. The summed E-state index contributed by atoms with van der Waals surface area (Å²) in [6.45, 7) is 0. The van der Waals surface area contributed by atoms with Crippen LogP contribution < -0.4 is 10.9 Å². The van der Waals surface area contributed by atoms with Gasteiger partial charge in [0.05, 0.1) is 0 Å². The van der Waals surface area contributed by atoms with Crippen molar-refractivity contribution in [3.63, 3.8) is 0 Å². The van der Waals surface area contributed by atoms with Crippen molar-refractivity contribution in [2.24, 2.45) is 5.92 Å². The minimum atomic E-state index is -4.70. The summed E-state index contributed by atoms with van der Waals surface area (Å²) in [5, 5.41) is 2.29. The van der Waals surface area contributed by atoms with Crippen molar-refractivity contribution >= 4 is 11.9 Å². The zero-order chi connectivity index (χ0) is 14.5. The number of fused-ring (bicyclic) bond motifs is 1. The number of rotatable bonds is 1. The van der Waals surface area contributed by atoms with Gasteiger partial charge in [-0.1, -0.05) is 12.8 Å². The van der Waals surface area contributed by atoms with Crippen LogP contribution in [0.2, 0.25) is 0 Å². The Kier molecular flexibility index (Phi) is 2.84. The van der Waals surface area contributed by atoms with Gasteiger partial charge in [-0.3, -0.25) is 19.5 Å². The van der Waals surface area contributed by atoms with E-state index in [-0.39, 0.29) is 11.9 Å². The van der Waals surface area contributed by atoms with Crippen LogP contribution in [0.5, 0.6) is 0 Å². The minimum Gasteiger partial charge on any atom is -0.294 e. The van der Waals surface area contributed by atoms with Gasteiger partial charge in [-0.2, -0.15) is 13.2 Å². The monoisotopic (exact) mass is 287 g/mol. The molecule has 2 aliphatic rings. The zero-order valence-electron chi connectivity index (χ0n) is 10.4. The molecule has 1 aromatic rings. The molecule has 0 aromatic carbocycles. The van der Waals surface area contributed by atoms with E-state index in [1.807, 2.05) is 0 Å². The number of aromatic nitrogens is 2. The molecule has 1 amide bonds. The first-order valence-electron chi connectivity index (χ1n) is 6.39. The number of amides is 1. The molecule has 1 fully saturated rings. The highest BCUT2D eigenvalue weighted by atomic mass is 19.4. The number of alkyl halides is 3. The van der Waals surface area contributed by atoms with Crippen LogP contribution in [-0.2, 0) is 11.0 Å². The Bertz CT molecular complexity index is 617. The quantitative estimate of drug-likeness (QED) is 0.858. The van der Waals surface area contributed by atoms with Gasteiger partial charge in [-0.25, -0.2) is 4.98 Å². The molecular formula is C12H12F3N3O2. The maximum atomic E-state index is 12.6. The van der Waals surface area contributed by atoms with Crippen LogP contribution in [0.1, 0.15) is 37.4 Å². The molecule has 1 saturated carbocycles. The average molecular weight is 287 g/mol. The summed E-state index contributed by atoms with van der Waals surface area (Å²) in [5.74, 6) is -0.750. The molecule has 1 aliphatic heterocycles. The lowest BCUT2D eigenvalue weighted by Crippen LogP contribution is -2.30. The highest BCUT2D eigenvalue weighted by molar-refractivity contribution is 5.96. The van der Waals surface area contributed by atoms with Crippen LogP contribution in [0.25, 0.3) is 0 Å². The predicted molar refractivity (Wildman–Crippen MR) is 63.1 cm³/mol. The molecule has 8 heteroatoms. The Morgan fingerprint density at radius 1 is 1.25 bits per heavy atom. The van der Waals surface area contributed by atoms with E-state index in [1.54, 1.807) is 0 Å². The molecule has 108 valence electrons. The van der Waals surface area contributed by atoms with E-state index in [9.17, 15) is 22.8 Å². The second-order valence-electron chi connectivity index (χ2n) is 5.15. The first-order chi connectivity index (χ1) is 9.38. The minimum absolute atomic E-state index is 0.00696. The number of hydrogen-bond acceptors (Lipinski definition) is 3. The molecule has 2 heterocycles. The number of anilines is 1. The van der Waals surface area contributed by atoms with Crippen molar-refractivity contribution in [3.05, 3.63) is 22.1 Å². The van der Waals surface area contributed by atoms with Crippen molar-refractivity contribution < 1.29 is 18.0 Å². The number of nitrogens with one attached hydrogen (secondary N) is 1. The summed E-state index contributed by atoms with van der Waals surface area (Å²) in [5.41, 5.74) is -2.11. The maximum Gasteiger partial charge on any atom is 0.433 e. The third-order valence-corrected chi connectivity index (χ3v) is 3.87. The van der Waals surface area contributed by atoms with Gasteiger partial charge in [0, 0.05) is 6.07 Å². The van der Waals surface area contributed by atoms with Crippen molar-refractivity contribution in [1.29, 1.82) is 0 Å². The van der Waals surface area contributed by atoms with Gasteiger partial charge in [-0.15, -0.1) is 0 Å². The highest BCUT2D eigenvalue weighted by Crippen LogP contribution is 2.38. The molecule has 1 aliphatic carbocycles. The third kappa shape index (κ3) is 1.99. The SMILES string of the molecule is O=C1Nc2nc(C(F)(F)F)cc(=O)n2C1C1CCCC1. The lowest BCUT2D eigenvalue weighted by Gasteiger charge is -2.18. The molecule has 1 N–H and O–H groups in total. The molecular weight excluding hydrogens is 275 g/mol. The molecule has 5 nitrogen and oxygen atoms in total. The van der Waals surface area contributed by atoms with Crippen molar-refractivity contribution in [2.45, 2.75) is 37.9 Å². The summed E-state index contributed by atoms with van der Waals surface area (Å²) in [4.78, 5) is 27.2. The van der Waals surface area contributed by atoms with Crippen LogP contribution in [0.4, 0.5) is 19.1 Å². The van der Waals surface area contributed by atoms with Gasteiger partial charge in [-0.05, 0) is 18.8 Å². The normalized spacial score (nSPS) is 22.9. The maximum absolute atomic E-state index is 12.6. The standard InChI is InChI=1S/C12H12F3N3O2/c13-12(14,15)7-5-8(19)18-9(6-3-1-2-4-6)10(20)17-11(18)16-7/h5-6,9H,1-4H2,(H,16,17,20). The summed E-state index contributed by atoms with van der Waals surface area (Å²) < 4.78 is 38.9. The number of hydrogen-bond donors (Lipinski definition) is 1. The number of carbonyl (C=O) groups excluding carboxylic acids is 1.